The molecule has 1 amide bonds. The molecule has 2 N–H and O–H groups in total. The van der Waals surface area contributed by atoms with E-state index in [0.717, 1.165) is 11.3 Å². The number of carbonyl (C=O) groups excluding carboxylic acids is 1. The molecule has 1 heterocycles. The standard InChI is InChI=1S/C14H10BrFN2O/c15-10-7-8(5-6-11(10)16)13-17-12-4-2-1-3-9(12)14(19)18-13/h1-7,13,17H,(H,18,19)/t13-/m1/s1. The molecule has 0 unspecified atom stereocenters. The van der Waals surface area contributed by atoms with Crippen LogP contribution in [0.25, 0.3) is 0 Å². The van der Waals surface area contributed by atoms with E-state index in [1.54, 1.807) is 18.2 Å². The van der Waals surface area contributed by atoms with Gasteiger partial charge in [-0.25, -0.2) is 4.39 Å². The van der Waals surface area contributed by atoms with Crippen LogP contribution in [-0.2, 0) is 0 Å². The lowest BCUT2D eigenvalue weighted by Gasteiger charge is -2.28. The highest BCUT2D eigenvalue weighted by atomic mass is 79.9. The summed E-state index contributed by atoms with van der Waals surface area (Å²) in [4.78, 5) is 12.0. The Kier molecular flexibility index (Phi) is 2.98. The second kappa shape index (κ2) is 4.66. The van der Waals surface area contributed by atoms with Crippen molar-refractivity contribution in [3.8, 4) is 0 Å². The van der Waals surface area contributed by atoms with Gasteiger partial charge in [-0.05, 0) is 45.8 Å². The summed E-state index contributed by atoms with van der Waals surface area (Å²) in [5, 5.41) is 6.06. The number of anilines is 1. The van der Waals surface area contributed by atoms with Crippen molar-refractivity contribution in [1.82, 2.24) is 5.32 Å². The van der Waals surface area contributed by atoms with Crippen LogP contribution in [0.4, 0.5) is 10.1 Å². The van der Waals surface area contributed by atoms with Crippen molar-refractivity contribution in [3.05, 3.63) is 63.9 Å². The number of fused-ring (bicyclic) bond motifs is 1. The van der Waals surface area contributed by atoms with Gasteiger partial charge in [0.25, 0.3) is 5.91 Å². The van der Waals surface area contributed by atoms with Gasteiger partial charge in [0.05, 0.1) is 10.0 Å². The number of hydrogen-bond donors (Lipinski definition) is 2. The molecule has 0 aliphatic carbocycles. The number of benzene rings is 2. The molecule has 1 atom stereocenters. The molecule has 19 heavy (non-hydrogen) atoms. The quantitative estimate of drug-likeness (QED) is 0.845. The molecule has 0 spiro atoms. The van der Waals surface area contributed by atoms with Gasteiger partial charge in [-0.3, -0.25) is 4.79 Å². The molecule has 3 nitrogen and oxygen atoms in total. The van der Waals surface area contributed by atoms with Crippen molar-refractivity contribution in [2.24, 2.45) is 0 Å². The Labute approximate surface area is 118 Å². The normalized spacial score (nSPS) is 17.4. The zero-order valence-corrected chi connectivity index (χ0v) is 11.4. The summed E-state index contributed by atoms with van der Waals surface area (Å²) in [7, 11) is 0. The van der Waals surface area contributed by atoms with E-state index in [4.69, 9.17) is 0 Å². The van der Waals surface area contributed by atoms with Crippen LogP contribution in [0, 0.1) is 5.82 Å². The average Bonchev–Trinajstić information content (AvgIpc) is 2.42. The smallest absolute Gasteiger partial charge is 0.255 e. The predicted molar refractivity (Wildman–Crippen MR) is 74.4 cm³/mol. The first-order valence-corrected chi connectivity index (χ1v) is 6.56. The Morgan fingerprint density at radius 3 is 2.68 bits per heavy atom. The Hall–Kier alpha value is -1.88. The number of nitrogens with one attached hydrogen (secondary N) is 2. The summed E-state index contributed by atoms with van der Waals surface area (Å²) in [6, 6.07) is 12.0. The third kappa shape index (κ3) is 2.21. The van der Waals surface area contributed by atoms with Gasteiger partial charge in [0.2, 0.25) is 0 Å². The largest absolute Gasteiger partial charge is 0.361 e. The van der Waals surface area contributed by atoms with Gasteiger partial charge in [-0.1, -0.05) is 18.2 Å². The molecule has 0 radical (unpaired) electrons. The number of rotatable bonds is 1. The molecule has 3 rings (SSSR count). The zero-order valence-electron chi connectivity index (χ0n) is 9.78. The molecule has 0 saturated heterocycles. The van der Waals surface area contributed by atoms with E-state index in [2.05, 4.69) is 26.6 Å². The van der Waals surface area contributed by atoms with E-state index < -0.39 is 0 Å². The Bertz CT molecular complexity index is 660. The van der Waals surface area contributed by atoms with E-state index in [9.17, 15) is 9.18 Å². The van der Waals surface area contributed by atoms with Crippen molar-refractivity contribution < 1.29 is 9.18 Å². The first kappa shape index (κ1) is 12.2. The van der Waals surface area contributed by atoms with E-state index in [-0.39, 0.29) is 17.9 Å². The van der Waals surface area contributed by atoms with E-state index >= 15 is 0 Å². The Balaban J connectivity index is 1.96. The minimum atomic E-state index is -0.362. The van der Waals surface area contributed by atoms with Gasteiger partial charge in [-0.2, -0.15) is 0 Å². The first-order chi connectivity index (χ1) is 9.15. The summed E-state index contributed by atoms with van der Waals surface area (Å²) in [5.74, 6) is -0.467. The fraction of sp³-hybridized carbons (Fsp3) is 0.0714. The second-order valence-corrected chi connectivity index (χ2v) is 5.12. The molecular formula is C14H10BrFN2O. The van der Waals surface area contributed by atoms with E-state index in [1.807, 2.05) is 18.2 Å². The highest BCUT2D eigenvalue weighted by molar-refractivity contribution is 9.10. The fourth-order valence-corrected chi connectivity index (χ4v) is 2.46. The van der Waals surface area contributed by atoms with Crippen molar-refractivity contribution in [2.75, 3.05) is 5.32 Å². The number of hydrogen-bond acceptors (Lipinski definition) is 2. The Morgan fingerprint density at radius 2 is 1.89 bits per heavy atom. The first-order valence-electron chi connectivity index (χ1n) is 5.76. The number of carbonyl (C=O) groups is 1. The van der Waals surface area contributed by atoms with Crippen LogP contribution in [-0.4, -0.2) is 5.91 Å². The lowest BCUT2D eigenvalue weighted by Crippen LogP contribution is -2.38. The zero-order chi connectivity index (χ0) is 13.4. The van der Waals surface area contributed by atoms with Crippen molar-refractivity contribution in [2.45, 2.75) is 6.17 Å². The highest BCUT2D eigenvalue weighted by Crippen LogP contribution is 2.28. The third-order valence-corrected chi connectivity index (χ3v) is 3.63. The SMILES string of the molecule is O=C1N[C@H](c2ccc(F)c(Br)c2)Nc2ccccc21. The fourth-order valence-electron chi connectivity index (χ4n) is 2.07. The molecule has 96 valence electrons. The molecule has 5 heteroatoms. The van der Waals surface area contributed by atoms with Gasteiger partial charge in [0.15, 0.2) is 0 Å². The highest BCUT2D eigenvalue weighted by Gasteiger charge is 2.24. The average molecular weight is 321 g/mol. The topological polar surface area (TPSA) is 41.1 Å². The summed E-state index contributed by atoms with van der Waals surface area (Å²) >= 11 is 3.14. The minimum Gasteiger partial charge on any atom is -0.361 e. The molecule has 2 aromatic carbocycles. The maximum atomic E-state index is 13.2. The van der Waals surface area contributed by atoms with Crippen LogP contribution in [0.2, 0.25) is 0 Å². The molecule has 0 bridgehead atoms. The van der Waals surface area contributed by atoms with E-state index in [0.29, 0.717) is 10.0 Å². The second-order valence-electron chi connectivity index (χ2n) is 4.27. The predicted octanol–water partition coefficient (Wildman–Crippen LogP) is 3.44. The van der Waals surface area contributed by atoms with Gasteiger partial charge in [-0.15, -0.1) is 0 Å². The van der Waals surface area contributed by atoms with Gasteiger partial charge < -0.3 is 10.6 Å². The molecule has 0 saturated carbocycles. The maximum absolute atomic E-state index is 13.2. The maximum Gasteiger partial charge on any atom is 0.255 e. The molecule has 1 aliphatic rings. The molecular weight excluding hydrogens is 311 g/mol. The van der Waals surface area contributed by atoms with Crippen molar-refractivity contribution in [1.29, 1.82) is 0 Å². The van der Waals surface area contributed by atoms with Gasteiger partial charge in [0, 0.05) is 5.69 Å². The number of halogens is 2. The molecule has 0 aromatic heterocycles. The van der Waals surface area contributed by atoms with Crippen LogP contribution in [0.3, 0.4) is 0 Å². The number of para-hydroxylation sites is 1. The van der Waals surface area contributed by atoms with Crippen LogP contribution >= 0.6 is 15.9 Å². The van der Waals surface area contributed by atoms with Crippen molar-refractivity contribution >= 4 is 27.5 Å². The summed E-state index contributed by atoms with van der Waals surface area (Å²) in [6.45, 7) is 0. The van der Waals surface area contributed by atoms with Crippen LogP contribution in [0.5, 0.6) is 0 Å². The monoisotopic (exact) mass is 320 g/mol. The summed E-state index contributed by atoms with van der Waals surface area (Å²) in [6.07, 6.45) is -0.362. The van der Waals surface area contributed by atoms with Crippen LogP contribution < -0.4 is 10.6 Å². The summed E-state index contributed by atoms with van der Waals surface area (Å²) < 4.78 is 13.6. The molecule has 2 aromatic rings. The van der Waals surface area contributed by atoms with Crippen LogP contribution in [0.1, 0.15) is 22.1 Å². The Morgan fingerprint density at radius 1 is 1.11 bits per heavy atom. The minimum absolute atomic E-state index is 0.139. The number of amides is 1. The summed E-state index contributed by atoms with van der Waals surface area (Å²) in [5.41, 5.74) is 2.17. The van der Waals surface area contributed by atoms with Gasteiger partial charge in [0.1, 0.15) is 12.0 Å². The van der Waals surface area contributed by atoms with Gasteiger partial charge >= 0.3 is 0 Å². The molecule has 0 fully saturated rings. The van der Waals surface area contributed by atoms with Crippen molar-refractivity contribution in [3.63, 3.8) is 0 Å². The lowest BCUT2D eigenvalue weighted by molar-refractivity contribution is 0.0935. The third-order valence-electron chi connectivity index (χ3n) is 3.02. The van der Waals surface area contributed by atoms with E-state index in [1.165, 1.54) is 6.07 Å². The lowest BCUT2D eigenvalue weighted by atomic mass is 10.1. The van der Waals surface area contributed by atoms with Crippen LogP contribution in [0.15, 0.2) is 46.9 Å². The molecule has 1 aliphatic heterocycles.